The lowest BCUT2D eigenvalue weighted by Crippen LogP contribution is -2.06. The van der Waals surface area contributed by atoms with Crippen LogP contribution < -0.4 is 0 Å². The smallest absolute Gasteiger partial charge is 0.164 e. The number of rotatable bonds is 4. The van der Waals surface area contributed by atoms with Crippen molar-refractivity contribution in [2.75, 3.05) is 0 Å². The molecule has 0 saturated carbocycles. The first-order valence-corrected chi connectivity index (χ1v) is 18.3. The van der Waals surface area contributed by atoms with Gasteiger partial charge in [0, 0.05) is 39.0 Å². The number of benzene rings is 8. The third kappa shape index (κ3) is 4.12. The fraction of sp³-hybridized carbons (Fsp3) is 0. The van der Waals surface area contributed by atoms with Gasteiger partial charge in [-0.25, -0.2) is 15.0 Å². The van der Waals surface area contributed by atoms with E-state index < -0.39 is 0 Å². The van der Waals surface area contributed by atoms with E-state index >= 15 is 0 Å². The summed E-state index contributed by atoms with van der Waals surface area (Å²) in [5, 5.41) is 8.55. The fourth-order valence-corrected chi connectivity index (χ4v) is 8.73. The molecule has 0 radical (unpaired) electrons. The quantitative estimate of drug-likeness (QED) is 0.137. The van der Waals surface area contributed by atoms with Crippen LogP contribution in [0.25, 0.3) is 111 Å². The van der Waals surface area contributed by atoms with Gasteiger partial charge in [0.25, 0.3) is 0 Å². The fourth-order valence-electron chi connectivity index (χ4n) is 8.73. The van der Waals surface area contributed by atoms with Crippen molar-refractivity contribution in [1.29, 1.82) is 0 Å². The molecule has 5 heteroatoms. The monoisotopic (exact) mass is 687 g/mol. The van der Waals surface area contributed by atoms with Crippen molar-refractivity contribution in [3.63, 3.8) is 0 Å². The van der Waals surface area contributed by atoms with Gasteiger partial charge in [0.1, 0.15) is 0 Å². The molecular weight excluding hydrogens is 659 g/mol. The van der Waals surface area contributed by atoms with Gasteiger partial charge in [0.15, 0.2) is 17.5 Å². The van der Waals surface area contributed by atoms with Gasteiger partial charge in [0.2, 0.25) is 0 Å². The molecule has 0 aliphatic carbocycles. The first-order valence-electron chi connectivity index (χ1n) is 18.3. The maximum absolute atomic E-state index is 5.06. The molecule has 54 heavy (non-hydrogen) atoms. The van der Waals surface area contributed by atoms with E-state index in [1.807, 2.05) is 60.7 Å². The highest BCUT2D eigenvalue weighted by Gasteiger charge is 2.25. The van der Waals surface area contributed by atoms with E-state index in [1.165, 1.54) is 65.8 Å². The number of nitrogens with zero attached hydrogens (tertiary/aromatic N) is 5. The van der Waals surface area contributed by atoms with Crippen LogP contribution in [0.2, 0.25) is 0 Å². The maximum atomic E-state index is 5.06. The van der Waals surface area contributed by atoms with Crippen LogP contribution in [-0.4, -0.2) is 23.9 Å². The van der Waals surface area contributed by atoms with E-state index in [1.54, 1.807) is 0 Å². The first-order chi connectivity index (χ1) is 26.8. The Morgan fingerprint density at radius 1 is 0.370 bits per heavy atom. The number of pyridine rings is 1. The molecule has 0 atom stereocenters. The summed E-state index contributed by atoms with van der Waals surface area (Å²) >= 11 is 0. The van der Waals surface area contributed by atoms with Crippen LogP contribution in [0.1, 0.15) is 0 Å². The maximum Gasteiger partial charge on any atom is 0.164 e. The van der Waals surface area contributed by atoms with Gasteiger partial charge in [-0.05, 0) is 69.1 Å². The average Bonchev–Trinajstić information content (AvgIpc) is 3.59. The van der Waals surface area contributed by atoms with Crippen molar-refractivity contribution in [2.45, 2.75) is 0 Å². The zero-order valence-corrected chi connectivity index (χ0v) is 29.0. The topological polar surface area (TPSA) is 48.0 Å². The van der Waals surface area contributed by atoms with Crippen LogP contribution >= 0.6 is 0 Å². The van der Waals surface area contributed by atoms with Gasteiger partial charge < -0.3 is 8.97 Å². The molecule has 4 heterocycles. The number of aromatic nitrogens is 5. The highest BCUT2D eigenvalue weighted by atomic mass is 15.1. The normalized spacial score (nSPS) is 12.1. The molecule has 250 valence electrons. The van der Waals surface area contributed by atoms with E-state index in [9.17, 15) is 0 Å². The second-order valence-electron chi connectivity index (χ2n) is 14.1. The van der Waals surface area contributed by atoms with Crippen LogP contribution in [0.4, 0.5) is 0 Å². The Morgan fingerprint density at radius 2 is 1.00 bits per heavy atom. The molecule has 2 aliphatic heterocycles. The first kappa shape index (κ1) is 29.2. The molecule has 2 aliphatic rings. The largest absolute Gasteiger partial charge is 0.313 e. The highest BCUT2D eigenvalue weighted by Crippen LogP contribution is 2.46. The summed E-state index contributed by atoms with van der Waals surface area (Å²) < 4.78 is 4.87. The lowest BCUT2D eigenvalue weighted by Gasteiger charge is -2.22. The molecule has 10 aromatic rings. The number of hydrogen-bond donors (Lipinski definition) is 0. The SMILES string of the molecule is c1ccc(-c2nc(-c3ccccc3)nc(-c3cccc4cc(-c5cccc6c5c5cc7cccc8ccn9c%10ccccc%10n6c5c-9c87)ccc34)n2)cc1. The van der Waals surface area contributed by atoms with Crippen molar-refractivity contribution in [3.05, 3.63) is 176 Å². The minimum atomic E-state index is 0.655. The van der Waals surface area contributed by atoms with Crippen LogP contribution in [0, 0.1) is 0 Å². The molecule has 0 fully saturated rings. The van der Waals surface area contributed by atoms with Crippen molar-refractivity contribution >= 4 is 59.8 Å². The van der Waals surface area contributed by atoms with E-state index in [4.69, 9.17) is 15.0 Å². The Bertz CT molecular complexity index is 3320. The van der Waals surface area contributed by atoms with Crippen molar-refractivity contribution in [3.8, 4) is 51.0 Å². The Hall–Kier alpha value is -7.37. The van der Waals surface area contributed by atoms with Gasteiger partial charge >= 0.3 is 0 Å². The Morgan fingerprint density at radius 3 is 1.80 bits per heavy atom. The van der Waals surface area contributed by atoms with Crippen LogP contribution in [0.5, 0.6) is 0 Å². The molecule has 12 rings (SSSR count). The second-order valence-corrected chi connectivity index (χ2v) is 14.1. The summed E-state index contributed by atoms with van der Waals surface area (Å²) in [4.78, 5) is 15.0. The summed E-state index contributed by atoms with van der Waals surface area (Å²) in [6.07, 6.45) is 2.23. The Balaban J connectivity index is 1.10. The van der Waals surface area contributed by atoms with Gasteiger partial charge in [0.05, 0.1) is 27.8 Å². The van der Waals surface area contributed by atoms with Crippen molar-refractivity contribution in [1.82, 2.24) is 23.9 Å². The van der Waals surface area contributed by atoms with Gasteiger partial charge in [-0.3, -0.25) is 0 Å². The predicted molar refractivity (Wildman–Crippen MR) is 222 cm³/mol. The zero-order valence-electron chi connectivity index (χ0n) is 29.0. The van der Waals surface area contributed by atoms with E-state index in [-0.39, 0.29) is 0 Å². The van der Waals surface area contributed by atoms with Crippen LogP contribution in [0.15, 0.2) is 176 Å². The zero-order chi connectivity index (χ0) is 35.3. The summed E-state index contributed by atoms with van der Waals surface area (Å²) in [6, 6.07) is 60.3. The van der Waals surface area contributed by atoms with Crippen LogP contribution in [-0.2, 0) is 0 Å². The lowest BCUT2D eigenvalue weighted by molar-refractivity contribution is 1.08. The number of fused-ring (bicyclic) bond motifs is 7. The van der Waals surface area contributed by atoms with E-state index in [0.29, 0.717) is 17.5 Å². The van der Waals surface area contributed by atoms with Crippen molar-refractivity contribution < 1.29 is 0 Å². The number of para-hydroxylation sites is 2. The lowest BCUT2D eigenvalue weighted by atomic mass is 9.94. The van der Waals surface area contributed by atoms with E-state index in [0.717, 1.165) is 27.5 Å². The minimum Gasteiger partial charge on any atom is -0.313 e. The summed E-state index contributed by atoms with van der Waals surface area (Å²) in [7, 11) is 0. The third-order valence-corrected chi connectivity index (χ3v) is 11.1. The molecule has 0 unspecified atom stereocenters. The summed E-state index contributed by atoms with van der Waals surface area (Å²) in [5.74, 6) is 1.97. The second kappa shape index (κ2) is 11.1. The molecule has 0 saturated heterocycles. The molecular formula is C49H29N5. The molecule has 0 bridgehead atoms. The average molecular weight is 688 g/mol. The highest BCUT2D eigenvalue weighted by molar-refractivity contribution is 6.25. The minimum absolute atomic E-state index is 0.655. The van der Waals surface area contributed by atoms with Gasteiger partial charge in [-0.2, -0.15) is 0 Å². The van der Waals surface area contributed by atoms with Crippen LogP contribution in [0.3, 0.4) is 0 Å². The van der Waals surface area contributed by atoms with Gasteiger partial charge in [-0.1, -0.05) is 133 Å². The Kier molecular flexibility index (Phi) is 5.99. The predicted octanol–water partition coefficient (Wildman–Crippen LogP) is 12.2. The van der Waals surface area contributed by atoms with Gasteiger partial charge in [-0.15, -0.1) is 0 Å². The molecule has 5 nitrogen and oxygen atoms in total. The summed E-state index contributed by atoms with van der Waals surface area (Å²) in [6.45, 7) is 0. The molecule has 0 N–H and O–H groups in total. The standard InChI is InChI=1S/C49H29N5/c1-3-12-31(13-4-1)47-50-48(32-14-5-2-6-15-32)52-49(51-47)38-20-10-17-33-28-34(24-25-36(33)38)37-19-11-23-42-44(37)39-29-35-18-9-16-30-26-27-53-40-21-7-8-22-41(40)54(42)45(39)46(53)43(30)35/h1-29H. The molecule has 8 aromatic carbocycles. The molecule has 2 aromatic heterocycles. The van der Waals surface area contributed by atoms with E-state index in [2.05, 4.69) is 124 Å². The third-order valence-electron chi connectivity index (χ3n) is 11.1. The number of hydrogen-bond acceptors (Lipinski definition) is 3. The van der Waals surface area contributed by atoms with Crippen molar-refractivity contribution in [2.24, 2.45) is 0 Å². The summed E-state index contributed by atoms with van der Waals surface area (Å²) in [5.41, 5.74) is 11.4. The molecule has 0 spiro atoms. The molecule has 0 amide bonds. The Labute approximate surface area is 309 Å².